The van der Waals surface area contributed by atoms with Crippen LogP contribution in [0.15, 0.2) is 12.2 Å². The third kappa shape index (κ3) is 35.0. The van der Waals surface area contributed by atoms with Crippen molar-refractivity contribution in [2.45, 2.75) is 199 Å². The quantitative estimate of drug-likeness (QED) is 0.0237. The second-order valence-electron chi connectivity index (χ2n) is 13.8. The lowest BCUT2D eigenvalue weighted by Gasteiger charge is -2.20. The lowest BCUT2D eigenvalue weighted by atomic mass is 10.1. The van der Waals surface area contributed by atoms with E-state index in [0.29, 0.717) is 12.8 Å². The van der Waals surface area contributed by atoms with Crippen LogP contribution in [0.2, 0.25) is 0 Å². The highest BCUT2D eigenvalue weighted by molar-refractivity contribution is 7.47. The predicted octanol–water partition coefficient (Wildman–Crippen LogP) is 10.1. The van der Waals surface area contributed by atoms with Gasteiger partial charge in [0.1, 0.15) is 12.6 Å². The number of allylic oxidation sites excluding steroid dienone is 2. The van der Waals surface area contributed by atoms with Gasteiger partial charge in [-0.15, -0.1) is 0 Å². The number of carbonyl (C=O) groups is 3. The molecule has 11 nitrogen and oxygen atoms in total. The number of hydrogen-bond acceptors (Lipinski definition) is 9. The summed E-state index contributed by atoms with van der Waals surface area (Å²) >= 11 is 0. The fraction of sp³-hybridized carbons (Fsp3) is 0.872. The zero-order valence-corrected chi connectivity index (χ0v) is 33.1. The molecule has 3 atom stereocenters. The number of unbranched alkanes of at least 4 members (excludes halogenated alkanes) is 22. The highest BCUT2D eigenvalue weighted by Crippen LogP contribution is 2.43. The van der Waals surface area contributed by atoms with Crippen LogP contribution in [0.25, 0.3) is 0 Å². The standard InChI is InChI=1S/C39H74NO10P/c1-3-5-7-9-11-13-15-16-17-18-19-20-21-23-24-26-28-30-37(41)47-32-35(33-48-51(45,46)49-34-36(40)39(43)44)50-38(42)31-29-27-25-22-14-12-10-8-6-4-2/h16-17,35-36H,3-15,18-34,40H2,1-2H3,(H,43,44)(H,45,46)/b17-16-/t35-,36+/m1/s1. The van der Waals surface area contributed by atoms with Gasteiger partial charge in [-0.3, -0.25) is 23.4 Å². The van der Waals surface area contributed by atoms with E-state index in [1.807, 2.05) is 0 Å². The van der Waals surface area contributed by atoms with Crippen LogP contribution >= 0.6 is 7.82 Å². The fourth-order valence-electron chi connectivity index (χ4n) is 5.53. The number of phosphoric ester groups is 1. The van der Waals surface area contributed by atoms with Crippen molar-refractivity contribution < 1.29 is 47.5 Å². The summed E-state index contributed by atoms with van der Waals surface area (Å²) in [5.74, 6) is -2.38. The molecular weight excluding hydrogens is 673 g/mol. The topological polar surface area (TPSA) is 172 Å². The molecule has 0 rings (SSSR count). The molecule has 0 saturated carbocycles. The molecule has 0 aromatic carbocycles. The van der Waals surface area contributed by atoms with Crippen LogP contribution in [0, 0.1) is 0 Å². The first-order chi connectivity index (χ1) is 24.6. The van der Waals surface area contributed by atoms with E-state index in [2.05, 4.69) is 30.5 Å². The summed E-state index contributed by atoms with van der Waals surface area (Å²) in [6, 6.07) is -1.52. The molecule has 12 heteroatoms. The maximum Gasteiger partial charge on any atom is 0.472 e. The maximum absolute atomic E-state index is 12.5. The van der Waals surface area contributed by atoms with Crippen molar-refractivity contribution >= 4 is 25.7 Å². The Hall–Kier alpha value is -1.78. The molecule has 0 radical (unpaired) electrons. The number of carboxylic acids is 1. The molecule has 1 unspecified atom stereocenters. The molecular formula is C39H74NO10P. The summed E-state index contributed by atoms with van der Waals surface area (Å²) in [5, 5.41) is 8.86. The van der Waals surface area contributed by atoms with Crippen molar-refractivity contribution in [2.24, 2.45) is 5.73 Å². The minimum atomic E-state index is -4.70. The molecule has 51 heavy (non-hydrogen) atoms. The number of rotatable bonds is 38. The number of phosphoric acid groups is 1. The number of carbonyl (C=O) groups excluding carboxylic acids is 2. The van der Waals surface area contributed by atoms with Crippen molar-refractivity contribution in [3.8, 4) is 0 Å². The molecule has 300 valence electrons. The fourth-order valence-corrected chi connectivity index (χ4v) is 6.31. The Kier molecular flexibility index (Phi) is 34.0. The Labute approximate surface area is 309 Å². The monoisotopic (exact) mass is 748 g/mol. The molecule has 0 spiro atoms. The van der Waals surface area contributed by atoms with Crippen LogP contribution in [0.4, 0.5) is 0 Å². The highest BCUT2D eigenvalue weighted by Gasteiger charge is 2.28. The van der Waals surface area contributed by atoms with E-state index in [4.69, 9.17) is 24.8 Å². The number of carboxylic acid groups (broad SMARTS) is 1. The van der Waals surface area contributed by atoms with Crippen LogP contribution < -0.4 is 5.73 Å². The van der Waals surface area contributed by atoms with Crippen molar-refractivity contribution in [3.05, 3.63) is 12.2 Å². The number of ether oxygens (including phenoxy) is 2. The Bertz CT molecular complexity index is 932. The van der Waals surface area contributed by atoms with Crippen LogP contribution in [0.3, 0.4) is 0 Å². The van der Waals surface area contributed by atoms with Crippen LogP contribution in [0.5, 0.6) is 0 Å². The molecule has 0 aliphatic carbocycles. The van der Waals surface area contributed by atoms with E-state index in [1.165, 1.54) is 103 Å². The normalized spacial score (nSPS) is 14.0. The van der Waals surface area contributed by atoms with Gasteiger partial charge in [-0.1, -0.05) is 148 Å². The van der Waals surface area contributed by atoms with E-state index in [-0.39, 0.29) is 19.4 Å². The molecule has 0 aliphatic rings. The van der Waals surface area contributed by atoms with Crippen LogP contribution in [-0.4, -0.2) is 59.9 Å². The number of hydrogen-bond donors (Lipinski definition) is 3. The first-order valence-corrected chi connectivity index (χ1v) is 21.7. The molecule has 0 aliphatic heterocycles. The van der Waals surface area contributed by atoms with E-state index in [9.17, 15) is 23.8 Å². The lowest BCUT2D eigenvalue weighted by Crippen LogP contribution is -2.34. The summed E-state index contributed by atoms with van der Waals surface area (Å²) in [7, 11) is -4.70. The van der Waals surface area contributed by atoms with Gasteiger partial charge >= 0.3 is 25.7 Å². The summed E-state index contributed by atoms with van der Waals surface area (Å²) in [6.07, 6.45) is 32.8. The van der Waals surface area contributed by atoms with Crippen molar-refractivity contribution in [3.63, 3.8) is 0 Å². The number of aliphatic carboxylic acids is 1. The number of nitrogens with two attached hydrogens (primary N) is 1. The Morgan fingerprint density at radius 1 is 0.588 bits per heavy atom. The lowest BCUT2D eigenvalue weighted by molar-refractivity contribution is -0.161. The van der Waals surface area contributed by atoms with Crippen molar-refractivity contribution in [2.75, 3.05) is 19.8 Å². The van der Waals surface area contributed by atoms with Gasteiger partial charge in [0.05, 0.1) is 13.2 Å². The first kappa shape index (κ1) is 49.2. The summed E-state index contributed by atoms with van der Waals surface area (Å²) in [5.41, 5.74) is 5.32. The molecule has 4 N–H and O–H groups in total. The molecule has 0 heterocycles. The van der Waals surface area contributed by atoms with Crippen molar-refractivity contribution in [1.82, 2.24) is 0 Å². The average molecular weight is 748 g/mol. The van der Waals surface area contributed by atoms with Gasteiger partial charge in [-0.05, 0) is 38.5 Å². The van der Waals surface area contributed by atoms with Gasteiger partial charge in [-0.25, -0.2) is 4.57 Å². The largest absolute Gasteiger partial charge is 0.480 e. The van der Waals surface area contributed by atoms with E-state index in [1.54, 1.807) is 0 Å². The molecule has 0 saturated heterocycles. The second kappa shape index (κ2) is 35.3. The Balaban J connectivity index is 4.34. The predicted molar refractivity (Wildman–Crippen MR) is 203 cm³/mol. The SMILES string of the molecule is CCCCCCCC/C=C\CCCCCCCCCC(=O)OC[C@H](COP(=O)(O)OC[C@H](N)C(=O)O)OC(=O)CCCCCCCCCCCC. The average Bonchev–Trinajstić information content (AvgIpc) is 3.10. The van der Waals surface area contributed by atoms with Gasteiger partial charge in [-0.2, -0.15) is 0 Å². The minimum absolute atomic E-state index is 0.164. The summed E-state index contributed by atoms with van der Waals surface area (Å²) in [4.78, 5) is 45.7. The molecule has 0 aromatic heterocycles. The van der Waals surface area contributed by atoms with Gasteiger partial charge in [0.2, 0.25) is 0 Å². The van der Waals surface area contributed by atoms with Crippen LogP contribution in [0.1, 0.15) is 187 Å². The molecule has 0 amide bonds. The second-order valence-corrected chi connectivity index (χ2v) is 15.2. The molecule has 0 aromatic rings. The van der Waals surface area contributed by atoms with E-state index in [0.717, 1.165) is 44.9 Å². The zero-order valence-electron chi connectivity index (χ0n) is 32.2. The van der Waals surface area contributed by atoms with Gasteiger partial charge in [0.25, 0.3) is 0 Å². The zero-order chi connectivity index (χ0) is 37.8. The Morgan fingerprint density at radius 2 is 0.980 bits per heavy atom. The minimum Gasteiger partial charge on any atom is -0.480 e. The third-order valence-corrected chi connectivity index (χ3v) is 9.71. The van der Waals surface area contributed by atoms with Gasteiger partial charge in [0, 0.05) is 12.8 Å². The molecule has 0 fully saturated rings. The number of esters is 2. The highest BCUT2D eigenvalue weighted by atomic mass is 31.2. The van der Waals surface area contributed by atoms with Gasteiger partial charge in [0.15, 0.2) is 6.10 Å². The summed E-state index contributed by atoms with van der Waals surface area (Å²) in [6.45, 7) is 2.77. The smallest absolute Gasteiger partial charge is 0.472 e. The van der Waals surface area contributed by atoms with Crippen molar-refractivity contribution in [1.29, 1.82) is 0 Å². The maximum atomic E-state index is 12.5. The Morgan fingerprint density at radius 3 is 1.43 bits per heavy atom. The summed E-state index contributed by atoms with van der Waals surface area (Å²) < 4.78 is 32.6. The third-order valence-electron chi connectivity index (χ3n) is 8.76. The van der Waals surface area contributed by atoms with Gasteiger partial charge < -0.3 is 25.2 Å². The molecule has 0 bridgehead atoms. The van der Waals surface area contributed by atoms with Crippen LogP contribution in [-0.2, 0) is 37.5 Å². The first-order valence-electron chi connectivity index (χ1n) is 20.2. The van der Waals surface area contributed by atoms with E-state index < -0.39 is 51.1 Å². The van der Waals surface area contributed by atoms with E-state index >= 15 is 0 Å².